The van der Waals surface area contributed by atoms with Crippen molar-refractivity contribution in [2.45, 2.75) is 5.60 Å². The van der Waals surface area contributed by atoms with Gasteiger partial charge >= 0.3 is 0 Å². The second-order valence-corrected chi connectivity index (χ2v) is 6.15. The number of hydrogen-bond donors (Lipinski definition) is 2. The van der Waals surface area contributed by atoms with Gasteiger partial charge in [-0.15, -0.1) is 0 Å². The smallest absolute Gasteiger partial charge is 0.291 e. The number of halogens is 1. The van der Waals surface area contributed by atoms with E-state index < -0.39 is 17.1 Å². The second-order valence-electron chi connectivity index (χ2n) is 4.67. The molecule has 0 spiro atoms. The van der Waals surface area contributed by atoms with E-state index in [1.807, 2.05) is 24.3 Å². The molecule has 0 radical (unpaired) electrons. The molecule has 0 aliphatic carbocycles. The van der Waals surface area contributed by atoms with Crippen molar-refractivity contribution in [1.29, 1.82) is 0 Å². The number of amides is 1. The molecule has 2 aromatic rings. The van der Waals surface area contributed by atoms with Crippen LogP contribution in [-0.2, 0) is 5.60 Å². The number of β-amino-alcohol motifs (C(OH)–C–C–N with tert-alkyl or cyclic N) is 1. The van der Waals surface area contributed by atoms with Crippen LogP contribution in [0.25, 0.3) is 0 Å². The van der Waals surface area contributed by atoms with Crippen LogP contribution >= 0.6 is 27.7 Å². The first kappa shape index (κ1) is 13.5. The SMILES string of the molecule is O=C(c1ns[nH]c1=O)N1CC(O)(c2cccc(Br)c2)C1. The Morgan fingerprint density at radius 1 is 1.50 bits per heavy atom. The summed E-state index contributed by atoms with van der Waals surface area (Å²) in [6, 6.07) is 7.32. The molecular formula is C12H10BrN3O3S. The van der Waals surface area contributed by atoms with Crippen molar-refractivity contribution in [2.75, 3.05) is 13.1 Å². The van der Waals surface area contributed by atoms with E-state index in [-0.39, 0.29) is 18.8 Å². The fourth-order valence-electron chi connectivity index (χ4n) is 2.17. The molecule has 0 atom stereocenters. The predicted molar refractivity (Wildman–Crippen MR) is 76.7 cm³/mol. The number of aliphatic hydroxyl groups is 1. The Morgan fingerprint density at radius 3 is 2.85 bits per heavy atom. The van der Waals surface area contributed by atoms with Gasteiger partial charge in [-0.1, -0.05) is 28.1 Å². The van der Waals surface area contributed by atoms with E-state index in [9.17, 15) is 14.7 Å². The molecule has 1 amide bonds. The quantitative estimate of drug-likeness (QED) is 0.839. The highest BCUT2D eigenvalue weighted by Crippen LogP contribution is 2.33. The lowest BCUT2D eigenvalue weighted by Gasteiger charge is -2.46. The molecule has 1 aliphatic rings. The summed E-state index contributed by atoms with van der Waals surface area (Å²) < 4.78 is 6.98. The van der Waals surface area contributed by atoms with Gasteiger partial charge in [0.05, 0.1) is 13.1 Å². The molecular weight excluding hydrogens is 346 g/mol. The number of H-pyrrole nitrogens is 1. The summed E-state index contributed by atoms with van der Waals surface area (Å²) in [5.74, 6) is -0.452. The summed E-state index contributed by atoms with van der Waals surface area (Å²) in [5.41, 5.74) is -0.935. The van der Waals surface area contributed by atoms with Gasteiger partial charge in [-0.3, -0.25) is 14.0 Å². The first-order chi connectivity index (χ1) is 9.49. The monoisotopic (exact) mass is 355 g/mol. The summed E-state index contributed by atoms with van der Waals surface area (Å²) in [4.78, 5) is 24.8. The Bertz CT molecular complexity index is 720. The van der Waals surface area contributed by atoms with E-state index in [0.717, 1.165) is 21.8 Å². The highest BCUT2D eigenvalue weighted by Gasteiger charge is 2.46. The van der Waals surface area contributed by atoms with Gasteiger partial charge < -0.3 is 10.0 Å². The number of carbonyl (C=O) groups is 1. The molecule has 0 bridgehead atoms. The molecule has 8 heteroatoms. The van der Waals surface area contributed by atoms with E-state index in [1.165, 1.54) is 4.90 Å². The number of hydrogen-bond acceptors (Lipinski definition) is 5. The molecule has 1 aliphatic heterocycles. The minimum Gasteiger partial charge on any atom is -0.381 e. The minimum atomic E-state index is -1.07. The van der Waals surface area contributed by atoms with Gasteiger partial charge in [0.1, 0.15) is 5.60 Å². The molecule has 104 valence electrons. The summed E-state index contributed by atoms with van der Waals surface area (Å²) in [5, 5.41) is 10.5. The Kier molecular flexibility index (Phi) is 3.23. The van der Waals surface area contributed by atoms with Gasteiger partial charge in [0.15, 0.2) is 0 Å². The molecule has 2 N–H and O–H groups in total. The van der Waals surface area contributed by atoms with Crippen molar-refractivity contribution in [3.8, 4) is 0 Å². The average molecular weight is 356 g/mol. The van der Waals surface area contributed by atoms with E-state index >= 15 is 0 Å². The number of nitrogens with one attached hydrogen (secondary N) is 1. The third kappa shape index (κ3) is 2.19. The van der Waals surface area contributed by atoms with E-state index in [1.54, 1.807) is 0 Å². The summed E-state index contributed by atoms with van der Waals surface area (Å²) in [6.45, 7) is 0.304. The van der Waals surface area contributed by atoms with Crippen molar-refractivity contribution in [2.24, 2.45) is 0 Å². The number of likely N-dealkylation sites (tertiary alicyclic amines) is 1. The predicted octanol–water partition coefficient (Wildman–Crippen LogP) is 0.937. The maximum Gasteiger partial charge on any atom is 0.291 e. The zero-order valence-corrected chi connectivity index (χ0v) is 12.6. The normalized spacial score (nSPS) is 16.8. The van der Waals surface area contributed by atoms with Gasteiger partial charge in [-0.25, -0.2) is 0 Å². The number of nitrogens with zero attached hydrogens (tertiary/aromatic N) is 2. The van der Waals surface area contributed by atoms with Crippen LogP contribution in [0.2, 0.25) is 0 Å². The van der Waals surface area contributed by atoms with Gasteiger partial charge in [-0.05, 0) is 17.7 Å². The van der Waals surface area contributed by atoms with Crippen LogP contribution in [0.1, 0.15) is 16.1 Å². The first-order valence-electron chi connectivity index (χ1n) is 5.82. The molecule has 1 aromatic heterocycles. The fraction of sp³-hybridized carbons (Fsp3) is 0.250. The highest BCUT2D eigenvalue weighted by molar-refractivity contribution is 9.10. The molecule has 6 nitrogen and oxygen atoms in total. The maximum atomic E-state index is 12.0. The van der Waals surface area contributed by atoms with Crippen LogP contribution < -0.4 is 5.56 Å². The Labute approximate surface area is 126 Å². The van der Waals surface area contributed by atoms with Crippen molar-refractivity contribution < 1.29 is 9.90 Å². The average Bonchev–Trinajstić information content (AvgIpc) is 2.80. The summed E-state index contributed by atoms with van der Waals surface area (Å²) in [7, 11) is 0. The first-order valence-corrected chi connectivity index (χ1v) is 7.38. The second kappa shape index (κ2) is 4.80. The zero-order chi connectivity index (χ0) is 14.3. The van der Waals surface area contributed by atoms with Crippen LogP contribution in [-0.4, -0.2) is 37.8 Å². The van der Waals surface area contributed by atoms with E-state index in [0.29, 0.717) is 0 Å². The van der Waals surface area contributed by atoms with Crippen LogP contribution in [0.5, 0.6) is 0 Å². The molecule has 1 aromatic carbocycles. The number of rotatable bonds is 2. The van der Waals surface area contributed by atoms with Crippen LogP contribution in [0, 0.1) is 0 Å². The topological polar surface area (TPSA) is 86.3 Å². The number of carbonyl (C=O) groups excluding carboxylic acids is 1. The van der Waals surface area contributed by atoms with Crippen LogP contribution in [0.3, 0.4) is 0 Å². The fourth-order valence-corrected chi connectivity index (χ4v) is 3.05. The van der Waals surface area contributed by atoms with E-state index in [4.69, 9.17) is 0 Å². The number of aromatic nitrogens is 2. The lowest BCUT2D eigenvalue weighted by atomic mass is 9.86. The third-order valence-corrected chi connectivity index (χ3v) is 4.29. The maximum absolute atomic E-state index is 12.0. The largest absolute Gasteiger partial charge is 0.381 e. The standard InChI is InChI=1S/C12H10BrN3O3S/c13-8-3-1-2-7(4-8)12(19)5-16(6-12)11(18)9-10(17)15-20-14-9/h1-4,19H,5-6H2,(H,15,17). The summed E-state index contributed by atoms with van der Waals surface area (Å²) in [6.07, 6.45) is 0. The third-order valence-electron chi connectivity index (χ3n) is 3.25. The zero-order valence-electron chi connectivity index (χ0n) is 10.2. The Balaban J connectivity index is 1.77. The van der Waals surface area contributed by atoms with Gasteiger partial charge in [0.2, 0.25) is 5.69 Å². The molecule has 1 saturated heterocycles. The van der Waals surface area contributed by atoms with Gasteiger partial charge in [0.25, 0.3) is 11.5 Å². The summed E-state index contributed by atoms with van der Waals surface area (Å²) >= 11 is 4.19. The lowest BCUT2D eigenvalue weighted by Crippen LogP contribution is -2.61. The van der Waals surface area contributed by atoms with Crippen molar-refractivity contribution in [3.63, 3.8) is 0 Å². The minimum absolute atomic E-state index is 0.119. The molecule has 1 fully saturated rings. The van der Waals surface area contributed by atoms with Crippen molar-refractivity contribution in [1.82, 2.24) is 13.6 Å². The van der Waals surface area contributed by atoms with Crippen molar-refractivity contribution >= 4 is 33.6 Å². The molecule has 3 rings (SSSR count). The molecule has 0 saturated carbocycles. The highest BCUT2D eigenvalue weighted by atomic mass is 79.9. The lowest BCUT2D eigenvalue weighted by molar-refractivity contribution is -0.0865. The number of benzene rings is 1. The van der Waals surface area contributed by atoms with Gasteiger partial charge in [-0.2, -0.15) is 4.37 Å². The molecule has 20 heavy (non-hydrogen) atoms. The number of aromatic amines is 1. The molecule has 0 unspecified atom stereocenters. The van der Waals surface area contributed by atoms with Gasteiger partial charge in [0, 0.05) is 16.2 Å². The molecule has 2 heterocycles. The Morgan fingerprint density at radius 2 is 2.25 bits per heavy atom. The van der Waals surface area contributed by atoms with Crippen LogP contribution in [0.15, 0.2) is 33.5 Å². The van der Waals surface area contributed by atoms with Crippen LogP contribution in [0.4, 0.5) is 0 Å². The van der Waals surface area contributed by atoms with Crippen molar-refractivity contribution in [3.05, 3.63) is 50.3 Å². The Hall–Kier alpha value is -1.51. The van der Waals surface area contributed by atoms with E-state index in [2.05, 4.69) is 24.7 Å².